The summed E-state index contributed by atoms with van der Waals surface area (Å²) in [6.07, 6.45) is 0. The van der Waals surface area contributed by atoms with E-state index in [-0.39, 0.29) is 39.0 Å². The highest BCUT2D eigenvalue weighted by atomic mass is 31.3. The summed E-state index contributed by atoms with van der Waals surface area (Å²) in [5.74, 6) is 2.75. The summed E-state index contributed by atoms with van der Waals surface area (Å²) >= 11 is 0. The number of para-hydroxylation sites is 6. The minimum absolute atomic E-state index is 0.147. The number of rotatable bonds is 14. The Morgan fingerprint density at radius 1 is 0.442 bits per heavy atom. The van der Waals surface area contributed by atoms with Crippen LogP contribution in [0.5, 0.6) is 46.0 Å². The SMILES string of the molecule is OCc1ccccc1Oc1cccc(OP2(Oc3ccccc3)=NP=NP(Oc3ccccc3)(Oc3ccccc3)=N2)c1Oc1ccccc1CO. The summed E-state index contributed by atoms with van der Waals surface area (Å²) in [6.45, 7) is -0.521. The van der Waals surface area contributed by atoms with E-state index in [4.69, 9.17) is 41.1 Å². The minimum atomic E-state index is -3.78. The lowest BCUT2D eigenvalue weighted by Crippen LogP contribution is -2.06. The molecular weight excluding hydrogens is 719 g/mol. The molecular formula is C38H32N3O8P3. The fraction of sp³-hybridized carbons (Fsp3) is 0.0526. The third kappa shape index (κ3) is 8.38. The molecule has 1 unspecified atom stereocenters. The number of aliphatic hydroxyl groups is 2. The molecule has 0 spiro atoms. The van der Waals surface area contributed by atoms with Crippen molar-refractivity contribution < 1.29 is 37.8 Å². The molecule has 0 amide bonds. The van der Waals surface area contributed by atoms with E-state index in [9.17, 15) is 10.2 Å². The molecule has 0 bridgehead atoms. The van der Waals surface area contributed by atoms with Crippen molar-refractivity contribution >= 4 is 23.8 Å². The predicted molar refractivity (Wildman–Crippen MR) is 201 cm³/mol. The summed E-state index contributed by atoms with van der Waals surface area (Å²) in [6, 6.07) is 46.6. The van der Waals surface area contributed by atoms with Crippen molar-refractivity contribution in [3.63, 3.8) is 0 Å². The van der Waals surface area contributed by atoms with E-state index in [1.54, 1.807) is 97.1 Å². The van der Waals surface area contributed by atoms with Gasteiger partial charge in [-0.1, -0.05) is 102 Å². The molecule has 0 saturated heterocycles. The highest BCUT2D eigenvalue weighted by molar-refractivity contribution is 7.73. The van der Waals surface area contributed by atoms with Gasteiger partial charge in [0.15, 0.2) is 20.0 Å². The van der Waals surface area contributed by atoms with Crippen LogP contribution in [-0.2, 0) is 13.2 Å². The van der Waals surface area contributed by atoms with Crippen molar-refractivity contribution in [2.45, 2.75) is 13.2 Å². The fourth-order valence-electron chi connectivity index (χ4n) is 4.91. The van der Waals surface area contributed by atoms with E-state index in [1.807, 2.05) is 60.7 Å². The van der Waals surface area contributed by atoms with E-state index < -0.39 is 15.3 Å². The second kappa shape index (κ2) is 16.3. The first-order chi connectivity index (χ1) is 25.6. The normalized spacial score (nSPS) is 16.0. The van der Waals surface area contributed by atoms with E-state index in [2.05, 4.69) is 0 Å². The van der Waals surface area contributed by atoms with E-state index in [0.717, 1.165) is 0 Å². The van der Waals surface area contributed by atoms with Gasteiger partial charge < -0.3 is 37.8 Å². The third-order valence-corrected chi connectivity index (χ3v) is 13.4. The Bertz CT molecular complexity index is 2230. The maximum absolute atomic E-state index is 10.2. The lowest BCUT2D eigenvalue weighted by Gasteiger charge is -2.28. The van der Waals surface area contributed by atoms with Crippen LogP contribution in [0.25, 0.3) is 0 Å². The highest BCUT2D eigenvalue weighted by Gasteiger charge is 2.40. The maximum Gasteiger partial charge on any atom is 0.460 e. The van der Waals surface area contributed by atoms with Gasteiger partial charge in [0.05, 0.1) is 13.2 Å². The number of hydrogen-bond acceptors (Lipinski definition) is 11. The molecule has 6 aromatic carbocycles. The van der Waals surface area contributed by atoms with Gasteiger partial charge in [0.1, 0.15) is 28.7 Å². The average Bonchev–Trinajstić information content (AvgIpc) is 3.17. The summed E-state index contributed by atoms with van der Waals surface area (Å²) in [7, 11) is -7.16. The lowest BCUT2D eigenvalue weighted by molar-refractivity contribution is 0.273. The molecule has 0 fully saturated rings. The first-order valence-corrected chi connectivity index (χ1v) is 19.9. The Hall–Kier alpha value is -5.40. The van der Waals surface area contributed by atoms with Crippen LogP contribution in [0.3, 0.4) is 0 Å². The monoisotopic (exact) mass is 751 g/mol. The molecule has 14 heteroatoms. The van der Waals surface area contributed by atoms with Crippen LogP contribution in [-0.4, -0.2) is 10.2 Å². The standard InChI is InChI=1S/C38H32N3O8P3/c42-27-29-15-10-12-23-34(29)44-36-25-14-26-37(38(36)45-35-24-13-11-16-30(35)28-43)49-52(48-33-21-8-3-9-22-33)40-50-39-51(41-52,46-31-17-4-1-5-18-31)47-32-19-6-2-7-20-32/h1-26,42-43H,27-28H2. The Morgan fingerprint density at radius 3 is 1.42 bits per heavy atom. The van der Waals surface area contributed by atoms with Crippen molar-refractivity contribution in [2.24, 2.45) is 13.5 Å². The first-order valence-electron chi connectivity index (χ1n) is 16.0. The van der Waals surface area contributed by atoms with Crippen LogP contribution >= 0.6 is 23.8 Å². The number of ether oxygens (including phenoxy) is 2. The average molecular weight is 752 g/mol. The Balaban J connectivity index is 1.40. The second-order valence-electron chi connectivity index (χ2n) is 11.0. The molecule has 0 radical (unpaired) electrons. The largest absolute Gasteiger partial charge is 0.460 e. The van der Waals surface area contributed by atoms with Crippen molar-refractivity contribution in [2.75, 3.05) is 0 Å². The van der Waals surface area contributed by atoms with Gasteiger partial charge in [-0.25, -0.2) is 0 Å². The number of nitrogens with zero attached hydrogens (tertiary/aromatic N) is 3. The summed E-state index contributed by atoms with van der Waals surface area (Å²) in [5, 5.41) is 20.2. The van der Waals surface area contributed by atoms with Crippen LogP contribution in [0, 0.1) is 0 Å². The first kappa shape index (κ1) is 35.0. The molecule has 0 saturated carbocycles. The van der Waals surface area contributed by atoms with Gasteiger partial charge in [-0.2, -0.15) is 0 Å². The Labute approximate surface area is 302 Å². The molecule has 7 rings (SSSR count). The van der Waals surface area contributed by atoms with E-state index in [1.165, 1.54) is 0 Å². The molecule has 52 heavy (non-hydrogen) atoms. The zero-order valence-electron chi connectivity index (χ0n) is 27.5. The van der Waals surface area contributed by atoms with Crippen LogP contribution in [0.2, 0.25) is 0 Å². The molecule has 1 heterocycles. The van der Waals surface area contributed by atoms with Crippen molar-refractivity contribution in [3.8, 4) is 46.0 Å². The van der Waals surface area contributed by atoms with Crippen LogP contribution in [0.15, 0.2) is 171 Å². The summed E-state index contributed by atoms with van der Waals surface area (Å²) in [4.78, 5) is 0. The van der Waals surface area contributed by atoms with Crippen molar-refractivity contribution in [1.82, 2.24) is 0 Å². The number of benzene rings is 6. The highest BCUT2D eigenvalue weighted by Crippen LogP contribution is 2.71. The molecule has 0 aliphatic carbocycles. The molecule has 0 aromatic heterocycles. The number of aliphatic hydroxyl groups excluding tert-OH is 2. The van der Waals surface area contributed by atoms with Gasteiger partial charge in [0, 0.05) is 11.1 Å². The maximum atomic E-state index is 10.2. The van der Waals surface area contributed by atoms with Crippen LogP contribution in [0.4, 0.5) is 0 Å². The number of hydrogen-bond donors (Lipinski definition) is 2. The molecule has 1 aliphatic rings. The van der Waals surface area contributed by atoms with Gasteiger partial charge >= 0.3 is 15.3 Å². The van der Waals surface area contributed by atoms with Gasteiger partial charge in [-0.15, -0.1) is 9.03 Å². The van der Waals surface area contributed by atoms with Gasteiger partial charge in [-0.3, -0.25) is 0 Å². The smallest absolute Gasteiger partial charge is 0.453 e. The van der Waals surface area contributed by atoms with Crippen molar-refractivity contribution in [1.29, 1.82) is 0 Å². The fourth-order valence-corrected chi connectivity index (χ4v) is 11.1. The van der Waals surface area contributed by atoms with E-state index >= 15 is 0 Å². The Kier molecular flexibility index (Phi) is 11.0. The van der Waals surface area contributed by atoms with Gasteiger partial charge in [0.25, 0.3) is 0 Å². The quantitative estimate of drug-likeness (QED) is 0.105. The molecule has 1 aliphatic heterocycles. The van der Waals surface area contributed by atoms with Crippen LogP contribution in [0.1, 0.15) is 11.1 Å². The van der Waals surface area contributed by atoms with E-state index in [0.29, 0.717) is 39.9 Å². The molecule has 1 atom stereocenters. The van der Waals surface area contributed by atoms with Gasteiger partial charge in [-0.05, 0) is 60.7 Å². The zero-order valence-corrected chi connectivity index (χ0v) is 30.1. The minimum Gasteiger partial charge on any atom is -0.453 e. The lowest BCUT2D eigenvalue weighted by atomic mass is 10.2. The molecule has 11 nitrogen and oxygen atoms in total. The van der Waals surface area contributed by atoms with Crippen LogP contribution < -0.4 is 27.6 Å². The summed E-state index contributed by atoms with van der Waals surface area (Å²) < 4.78 is 53.9. The molecule has 2 N–H and O–H groups in total. The third-order valence-electron chi connectivity index (χ3n) is 7.31. The zero-order chi connectivity index (χ0) is 35.6. The molecule has 6 aromatic rings. The molecule has 262 valence electrons. The Morgan fingerprint density at radius 2 is 0.885 bits per heavy atom. The predicted octanol–water partition coefficient (Wildman–Crippen LogP) is 11.8. The van der Waals surface area contributed by atoms with Gasteiger partial charge in [0.2, 0.25) is 5.75 Å². The summed E-state index contributed by atoms with van der Waals surface area (Å²) in [5.41, 5.74) is 1.10. The second-order valence-corrected chi connectivity index (χ2v) is 16.0. The van der Waals surface area contributed by atoms with Crippen molar-refractivity contribution in [3.05, 3.63) is 169 Å². The topological polar surface area (TPSA) is 133 Å².